The van der Waals surface area contributed by atoms with Gasteiger partial charge in [0.25, 0.3) is 0 Å². The third kappa shape index (κ3) is 5.26. The van der Waals surface area contributed by atoms with Crippen LogP contribution in [-0.2, 0) is 18.9 Å². The minimum Gasteiger partial charge on any atom is -0.462 e. The van der Waals surface area contributed by atoms with Crippen molar-refractivity contribution in [3.05, 3.63) is 47.0 Å². The average Bonchev–Trinajstić information content (AvgIpc) is 2.78. The highest BCUT2D eigenvalue weighted by Gasteiger charge is 2.35. The number of carbonyl (C=O) groups excluding carboxylic acids is 4. The van der Waals surface area contributed by atoms with Gasteiger partial charge in [-0.3, -0.25) is 4.98 Å². The zero-order chi connectivity index (χ0) is 23.7. The molecule has 0 saturated heterocycles. The molecule has 0 unspecified atom stereocenters. The Balaban J connectivity index is 3.06. The molecule has 0 aliphatic carbocycles. The first kappa shape index (κ1) is 24.4. The molecule has 2 aromatic heterocycles. The van der Waals surface area contributed by atoms with E-state index >= 15 is 0 Å². The van der Waals surface area contributed by atoms with Crippen LogP contribution in [0.5, 0.6) is 0 Å². The van der Waals surface area contributed by atoms with Crippen LogP contribution in [0.15, 0.2) is 24.5 Å². The van der Waals surface area contributed by atoms with Gasteiger partial charge in [0.05, 0.1) is 26.4 Å². The van der Waals surface area contributed by atoms with E-state index in [4.69, 9.17) is 18.9 Å². The Bertz CT molecular complexity index is 946. The van der Waals surface area contributed by atoms with Crippen LogP contribution in [0.3, 0.4) is 0 Å². The van der Waals surface area contributed by atoms with Gasteiger partial charge < -0.3 is 18.9 Å². The molecule has 0 spiro atoms. The minimum absolute atomic E-state index is 0.00868. The molecule has 170 valence electrons. The van der Waals surface area contributed by atoms with Crippen molar-refractivity contribution in [1.29, 1.82) is 0 Å². The molecule has 10 nitrogen and oxygen atoms in total. The standard InChI is InChI=1S/C22H24N2O8/c1-5-29-19(25)15-14(13-9-11-23-12-10-13)16(20(26)30-6-2)18(22(28)32-8-4)24-17(15)21(27)31-7-3/h9-12H,5-8H2,1-4H3. The van der Waals surface area contributed by atoms with Gasteiger partial charge in [-0.25, -0.2) is 24.2 Å². The highest BCUT2D eigenvalue weighted by Crippen LogP contribution is 2.33. The van der Waals surface area contributed by atoms with Crippen LogP contribution in [0.1, 0.15) is 69.4 Å². The molecule has 0 N–H and O–H groups in total. The normalized spacial score (nSPS) is 10.2. The van der Waals surface area contributed by atoms with Crippen molar-refractivity contribution in [3.8, 4) is 11.1 Å². The fourth-order valence-corrected chi connectivity index (χ4v) is 2.89. The third-order valence-electron chi connectivity index (χ3n) is 4.06. The molecule has 0 aliphatic heterocycles. The van der Waals surface area contributed by atoms with E-state index in [9.17, 15) is 19.2 Å². The molecular formula is C22H24N2O8. The smallest absolute Gasteiger partial charge is 0.357 e. The predicted octanol–water partition coefficient (Wildman–Crippen LogP) is 2.85. The number of esters is 4. The van der Waals surface area contributed by atoms with Crippen LogP contribution >= 0.6 is 0 Å². The van der Waals surface area contributed by atoms with Gasteiger partial charge in [-0.15, -0.1) is 0 Å². The van der Waals surface area contributed by atoms with E-state index in [0.717, 1.165) is 0 Å². The van der Waals surface area contributed by atoms with Crippen LogP contribution in [0.25, 0.3) is 11.1 Å². The van der Waals surface area contributed by atoms with Crippen molar-refractivity contribution in [1.82, 2.24) is 9.97 Å². The molecule has 32 heavy (non-hydrogen) atoms. The summed E-state index contributed by atoms with van der Waals surface area (Å²) in [6.07, 6.45) is 2.85. The second-order valence-electron chi connectivity index (χ2n) is 6.05. The Morgan fingerprint density at radius 1 is 0.656 bits per heavy atom. The van der Waals surface area contributed by atoms with E-state index < -0.39 is 35.3 Å². The summed E-state index contributed by atoms with van der Waals surface area (Å²) in [4.78, 5) is 59.3. The number of hydrogen-bond donors (Lipinski definition) is 0. The van der Waals surface area contributed by atoms with Gasteiger partial charge >= 0.3 is 23.9 Å². The van der Waals surface area contributed by atoms with Gasteiger partial charge in [-0.2, -0.15) is 0 Å². The van der Waals surface area contributed by atoms with Crippen LogP contribution in [0.2, 0.25) is 0 Å². The number of nitrogens with zero attached hydrogens (tertiary/aromatic N) is 2. The van der Waals surface area contributed by atoms with Crippen molar-refractivity contribution in [2.75, 3.05) is 26.4 Å². The van der Waals surface area contributed by atoms with Crippen LogP contribution in [0.4, 0.5) is 0 Å². The molecule has 0 aromatic carbocycles. The lowest BCUT2D eigenvalue weighted by Crippen LogP contribution is -2.25. The van der Waals surface area contributed by atoms with E-state index in [1.54, 1.807) is 27.7 Å². The van der Waals surface area contributed by atoms with Crippen molar-refractivity contribution in [2.24, 2.45) is 0 Å². The van der Waals surface area contributed by atoms with E-state index in [1.165, 1.54) is 24.5 Å². The van der Waals surface area contributed by atoms with Crippen molar-refractivity contribution < 1.29 is 38.1 Å². The molecule has 0 fully saturated rings. The lowest BCUT2D eigenvalue weighted by molar-refractivity contribution is 0.0453. The first-order valence-electron chi connectivity index (χ1n) is 10.1. The van der Waals surface area contributed by atoms with E-state index in [0.29, 0.717) is 5.56 Å². The Morgan fingerprint density at radius 2 is 1.03 bits per heavy atom. The van der Waals surface area contributed by atoms with Crippen molar-refractivity contribution in [3.63, 3.8) is 0 Å². The Kier molecular flexibility index (Phi) is 8.82. The molecule has 0 aliphatic rings. The molecule has 0 bridgehead atoms. The Labute approximate surface area is 184 Å². The summed E-state index contributed by atoms with van der Waals surface area (Å²) in [6.45, 7) is 6.28. The number of carbonyl (C=O) groups is 4. The fraction of sp³-hybridized carbons (Fsp3) is 0.364. The lowest BCUT2D eigenvalue weighted by Gasteiger charge is -2.19. The fourth-order valence-electron chi connectivity index (χ4n) is 2.89. The number of pyridine rings is 2. The zero-order valence-electron chi connectivity index (χ0n) is 18.3. The molecule has 2 heterocycles. The van der Waals surface area contributed by atoms with Gasteiger partial charge in [0.1, 0.15) is 11.1 Å². The third-order valence-corrected chi connectivity index (χ3v) is 4.06. The summed E-state index contributed by atoms with van der Waals surface area (Å²) in [5.41, 5.74) is -1.36. The monoisotopic (exact) mass is 444 g/mol. The number of aromatic nitrogens is 2. The second kappa shape index (κ2) is 11.5. The van der Waals surface area contributed by atoms with Gasteiger partial charge in [0, 0.05) is 18.0 Å². The molecular weight excluding hydrogens is 420 g/mol. The van der Waals surface area contributed by atoms with Gasteiger partial charge in [-0.05, 0) is 45.4 Å². The summed E-state index contributed by atoms with van der Waals surface area (Å²) in [6, 6.07) is 3.01. The number of hydrogen-bond acceptors (Lipinski definition) is 10. The molecule has 10 heteroatoms. The average molecular weight is 444 g/mol. The molecule has 0 amide bonds. The minimum atomic E-state index is -0.966. The van der Waals surface area contributed by atoms with E-state index in [2.05, 4.69) is 9.97 Å². The summed E-state index contributed by atoms with van der Waals surface area (Å²) >= 11 is 0. The molecule has 2 rings (SSSR count). The largest absolute Gasteiger partial charge is 0.462 e. The maximum Gasteiger partial charge on any atom is 0.357 e. The summed E-state index contributed by atoms with van der Waals surface area (Å²) in [5.74, 6) is -3.77. The molecule has 2 aromatic rings. The predicted molar refractivity (Wildman–Crippen MR) is 111 cm³/mol. The topological polar surface area (TPSA) is 131 Å². The Morgan fingerprint density at radius 3 is 1.41 bits per heavy atom. The molecule has 0 radical (unpaired) electrons. The summed E-state index contributed by atoms with van der Waals surface area (Å²) in [5, 5.41) is 0. The Hall–Kier alpha value is -3.82. The zero-order valence-corrected chi connectivity index (χ0v) is 18.3. The van der Waals surface area contributed by atoms with Gasteiger partial charge in [-0.1, -0.05) is 0 Å². The van der Waals surface area contributed by atoms with Crippen molar-refractivity contribution >= 4 is 23.9 Å². The second-order valence-corrected chi connectivity index (χ2v) is 6.05. The quantitative estimate of drug-likeness (QED) is 0.420. The maximum absolute atomic E-state index is 13.0. The van der Waals surface area contributed by atoms with Gasteiger partial charge in [0.15, 0.2) is 11.4 Å². The molecule has 0 atom stereocenters. The van der Waals surface area contributed by atoms with E-state index in [-0.39, 0.29) is 43.1 Å². The first-order chi connectivity index (χ1) is 15.4. The van der Waals surface area contributed by atoms with Gasteiger partial charge in [0.2, 0.25) is 0 Å². The summed E-state index contributed by atoms with van der Waals surface area (Å²) < 4.78 is 20.3. The van der Waals surface area contributed by atoms with Crippen LogP contribution < -0.4 is 0 Å². The lowest BCUT2D eigenvalue weighted by atomic mass is 9.92. The molecule has 0 saturated carbocycles. The SMILES string of the molecule is CCOC(=O)c1nc(C(=O)OCC)c(C(=O)OCC)c(-c2ccncc2)c1C(=O)OCC. The first-order valence-corrected chi connectivity index (χ1v) is 10.1. The number of rotatable bonds is 9. The highest BCUT2D eigenvalue weighted by atomic mass is 16.5. The van der Waals surface area contributed by atoms with Crippen LogP contribution in [0, 0.1) is 0 Å². The van der Waals surface area contributed by atoms with E-state index in [1.807, 2.05) is 0 Å². The number of ether oxygens (including phenoxy) is 4. The maximum atomic E-state index is 13.0. The van der Waals surface area contributed by atoms with Crippen molar-refractivity contribution in [2.45, 2.75) is 27.7 Å². The highest BCUT2D eigenvalue weighted by molar-refractivity contribution is 6.15. The van der Waals surface area contributed by atoms with Crippen LogP contribution in [-0.4, -0.2) is 60.3 Å². The summed E-state index contributed by atoms with van der Waals surface area (Å²) in [7, 11) is 0.